The molecule has 10 nitrogen and oxygen atoms in total. The number of hydrogen-bond acceptors (Lipinski definition) is 9. The predicted octanol–water partition coefficient (Wildman–Crippen LogP) is 1.58. The molecule has 2 aliphatic rings. The van der Waals surface area contributed by atoms with Gasteiger partial charge < -0.3 is 33.2 Å². The lowest BCUT2D eigenvalue weighted by Gasteiger charge is -2.20. The summed E-state index contributed by atoms with van der Waals surface area (Å²) in [5, 5.41) is 0. The van der Waals surface area contributed by atoms with Crippen molar-refractivity contribution in [2.75, 3.05) is 84.2 Å². The molecule has 2 aliphatic heterocycles. The van der Waals surface area contributed by atoms with Crippen LogP contribution in [0.3, 0.4) is 0 Å². The Bertz CT molecular complexity index is 783. The van der Waals surface area contributed by atoms with Crippen LogP contribution in [0.2, 0.25) is 0 Å². The Morgan fingerprint density at radius 1 is 0.857 bits per heavy atom. The average molecular weight is 494 g/mol. The molecule has 1 fully saturated rings. The standard InChI is InChI=1S/C25H35NO9/c1-20-17-26(21-5-3-2-4-6-21)25(28)24(20)22(27)18-35-23-19-33-14-13-31-10-9-29-7-8-30-11-12-32-15-16-34-23/h2-6,17,23-24H,7-16,18-19H2,1H3. The first-order valence-electron chi connectivity index (χ1n) is 11.9. The summed E-state index contributed by atoms with van der Waals surface area (Å²) in [6.45, 7) is 5.76. The van der Waals surface area contributed by atoms with Crippen molar-refractivity contribution < 1.29 is 42.7 Å². The van der Waals surface area contributed by atoms with Crippen molar-refractivity contribution in [3.05, 3.63) is 42.1 Å². The lowest BCUT2D eigenvalue weighted by molar-refractivity contribution is -0.184. The summed E-state index contributed by atoms with van der Waals surface area (Å²) in [4.78, 5) is 27.3. The first kappa shape index (κ1) is 27.4. The fraction of sp³-hybridized carbons (Fsp3) is 0.600. The van der Waals surface area contributed by atoms with Gasteiger partial charge in [-0.2, -0.15) is 0 Å². The molecular weight excluding hydrogens is 458 g/mol. The Morgan fingerprint density at radius 3 is 2.00 bits per heavy atom. The molecule has 2 unspecified atom stereocenters. The van der Waals surface area contributed by atoms with E-state index < -0.39 is 12.2 Å². The molecule has 1 aromatic rings. The molecule has 2 heterocycles. The molecule has 0 bridgehead atoms. The van der Waals surface area contributed by atoms with Crippen LogP contribution >= 0.6 is 0 Å². The summed E-state index contributed by atoms with van der Waals surface area (Å²) in [7, 11) is 0. The Kier molecular flexibility index (Phi) is 12.3. The maximum Gasteiger partial charge on any atom is 0.245 e. The number of hydrogen-bond donors (Lipinski definition) is 0. The number of amides is 1. The molecule has 0 aliphatic carbocycles. The quantitative estimate of drug-likeness (QED) is 0.566. The first-order chi connectivity index (χ1) is 17.2. The van der Waals surface area contributed by atoms with Gasteiger partial charge >= 0.3 is 0 Å². The molecule has 3 rings (SSSR count). The highest BCUT2D eigenvalue weighted by Crippen LogP contribution is 2.28. The second kappa shape index (κ2) is 15.7. The number of ketones is 1. The molecule has 35 heavy (non-hydrogen) atoms. The third-order valence-electron chi connectivity index (χ3n) is 5.31. The van der Waals surface area contributed by atoms with Gasteiger partial charge in [0.25, 0.3) is 0 Å². The van der Waals surface area contributed by atoms with E-state index in [1.165, 1.54) is 4.90 Å². The fourth-order valence-corrected chi connectivity index (χ4v) is 3.56. The van der Waals surface area contributed by atoms with Gasteiger partial charge in [0.05, 0.1) is 72.7 Å². The summed E-state index contributed by atoms with van der Waals surface area (Å²) in [5.74, 6) is -1.50. The zero-order valence-corrected chi connectivity index (χ0v) is 20.2. The zero-order valence-electron chi connectivity index (χ0n) is 20.2. The van der Waals surface area contributed by atoms with Gasteiger partial charge in [0, 0.05) is 11.9 Å². The van der Waals surface area contributed by atoms with E-state index in [2.05, 4.69) is 0 Å². The number of Topliss-reactive ketones (excluding diaryl/α,β-unsaturated/α-hetero) is 1. The molecule has 1 aromatic carbocycles. The first-order valence-corrected chi connectivity index (χ1v) is 11.9. The van der Waals surface area contributed by atoms with E-state index in [0.29, 0.717) is 70.7 Å². The SMILES string of the molecule is CC1=CN(c2ccccc2)C(=O)C1C(=O)COC1COCCOCCOCCOCCOCCO1. The smallest absolute Gasteiger partial charge is 0.245 e. The van der Waals surface area contributed by atoms with Crippen LogP contribution in [-0.4, -0.2) is 97.3 Å². The van der Waals surface area contributed by atoms with Gasteiger partial charge in [-0.25, -0.2) is 0 Å². The number of ether oxygens (including phenoxy) is 7. The van der Waals surface area contributed by atoms with Gasteiger partial charge in [-0.05, 0) is 24.6 Å². The van der Waals surface area contributed by atoms with Crippen molar-refractivity contribution in [1.29, 1.82) is 0 Å². The molecule has 10 heteroatoms. The number of rotatable bonds is 5. The number of carbonyl (C=O) groups excluding carboxylic acids is 2. The molecule has 194 valence electrons. The Labute approximate surface area is 206 Å². The number of nitrogens with zero attached hydrogens (tertiary/aromatic N) is 1. The molecule has 0 N–H and O–H groups in total. The van der Waals surface area contributed by atoms with Gasteiger partial charge in [0.1, 0.15) is 12.5 Å². The molecule has 1 saturated heterocycles. The third-order valence-corrected chi connectivity index (χ3v) is 5.31. The van der Waals surface area contributed by atoms with E-state index in [9.17, 15) is 9.59 Å². The van der Waals surface area contributed by atoms with Crippen LogP contribution in [0, 0.1) is 5.92 Å². The molecular formula is C25H35NO9. The van der Waals surface area contributed by atoms with Crippen LogP contribution in [-0.2, 0) is 42.7 Å². The molecule has 0 saturated carbocycles. The summed E-state index contributed by atoms with van der Waals surface area (Å²) in [6, 6.07) is 9.20. The van der Waals surface area contributed by atoms with Crippen molar-refractivity contribution in [1.82, 2.24) is 0 Å². The molecule has 0 spiro atoms. The number of carbonyl (C=O) groups is 2. The van der Waals surface area contributed by atoms with Crippen LogP contribution < -0.4 is 4.90 Å². The van der Waals surface area contributed by atoms with Crippen molar-refractivity contribution in [3.63, 3.8) is 0 Å². The number of benzene rings is 1. The highest BCUT2D eigenvalue weighted by Gasteiger charge is 2.37. The number of para-hydroxylation sites is 1. The monoisotopic (exact) mass is 493 g/mol. The van der Waals surface area contributed by atoms with Crippen LogP contribution in [0.1, 0.15) is 6.92 Å². The summed E-state index contributed by atoms with van der Waals surface area (Å²) in [6.07, 6.45) is 0.912. The minimum absolute atomic E-state index is 0.111. The van der Waals surface area contributed by atoms with Gasteiger partial charge in [0.15, 0.2) is 12.1 Å². The van der Waals surface area contributed by atoms with E-state index in [0.717, 1.165) is 0 Å². The van der Waals surface area contributed by atoms with Gasteiger partial charge in [0.2, 0.25) is 5.91 Å². The van der Waals surface area contributed by atoms with E-state index >= 15 is 0 Å². The molecule has 0 radical (unpaired) electrons. The highest BCUT2D eigenvalue weighted by molar-refractivity contribution is 6.14. The molecule has 2 atom stereocenters. The van der Waals surface area contributed by atoms with Crippen LogP contribution in [0.4, 0.5) is 5.69 Å². The second-order valence-corrected chi connectivity index (χ2v) is 7.95. The molecule has 0 aromatic heterocycles. The molecule has 1 amide bonds. The summed E-state index contributed by atoms with van der Waals surface area (Å²) in [5.41, 5.74) is 1.39. The van der Waals surface area contributed by atoms with Crippen molar-refractivity contribution >= 4 is 17.4 Å². The maximum absolute atomic E-state index is 12.9. The minimum Gasteiger partial charge on any atom is -0.377 e. The topological polar surface area (TPSA) is 102 Å². The van der Waals surface area contributed by atoms with E-state index in [1.807, 2.05) is 30.3 Å². The van der Waals surface area contributed by atoms with Crippen LogP contribution in [0.15, 0.2) is 42.1 Å². The van der Waals surface area contributed by atoms with E-state index in [-0.39, 0.29) is 31.5 Å². The lowest BCUT2D eigenvalue weighted by Crippen LogP contribution is -2.35. The van der Waals surface area contributed by atoms with Crippen molar-refractivity contribution in [2.24, 2.45) is 5.92 Å². The highest BCUT2D eigenvalue weighted by atomic mass is 16.7. The number of anilines is 1. The van der Waals surface area contributed by atoms with E-state index in [4.69, 9.17) is 33.2 Å². The van der Waals surface area contributed by atoms with Gasteiger partial charge in [-0.3, -0.25) is 14.5 Å². The lowest BCUT2D eigenvalue weighted by atomic mass is 9.98. The summed E-state index contributed by atoms with van der Waals surface area (Å²) < 4.78 is 38.8. The van der Waals surface area contributed by atoms with Crippen molar-refractivity contribution in [2.45, 2.75) is 13.2 Å². The van der Waals surface area contributed by atoms with Crippen LogP contribution in [0.25, 0.3) is 0 Å². The zero-order chi connectivity index (χ0) is 24.7. The van der Waals surface area contributed by atoms with Gasteiger partial charge in [-0.1, -0.05) is 18.2 Å². The summed E-state index contributed by atoms with van der Waals surface area (Å²) >= 11 is 0. The maximum atomic E-state index is 12.9. The third kappa shape index (κ3) is 9.42. The average Bonchev–Trinajstić information content (AvgIpc) is 3.17. The van der Waals surface area contributed by atoms with Crippen LogP contribution in [0.5, 0.6) is 0 Å². The fourth-order valence-electron chi connectivity index (χ4n) is 3.56. The predicted molar refractivity (Wildman–Crippen MR) is 126 cm³/mol. The largest absolute Gasteiger partial charge is 0.377 e. The Morgan fingerprint density at radius 2 is 1.40 bits per heavy atom. The van der Waals surface area contributed by atoms with Gasteiger partial charge in [-0.15, -0.1) is 0 Å². The Balaban J connectivity index is 1.48. The normalized spacial score (nSPS) is 24.4. The van der Waals surface area contributed by atoms with E-state index in [1.54, 1.807) is 13.1 Å². The minimum atomic E-state index is -0.880. The van der Waals surface area contributed by atoms with Crippen molar-refractivity contribution in [3.8, 4) is 0 Å². The second-order valence-electron chi connectivity index (χ2n) is 7.95. The Hall–Kier alpha value is -2.18.